The van der Waals surface area contributed by atoms with Gasteiger partial charge in [0.25, 0.3) is 5.91 Å². The van der Waals surface area contributed by atoms with Gasteiger partial charge >= 0.3 is 0 Å². The number of hydrogen-bond acceptors (Lipinski definition) is 4. The van der Waals surface area contributed by atoms with Crippen LogP contribution >= 0.6 is 11.6 Å². The van der Waals surface area contributed by atoms with Crippen molar-refractivity contribution in [2.45, 2.75) is 42.2 Å². The van der Waals surface area contributed by atoms with Gasteiger partial charge in [0.1, 0.15) is 0 Å². The van der Waals surface area contributed by atoms with Gasteiger partial charge in [0.05, 0.1) is 4.90 Å². The Kier molecular flexibility index (Phi) is 6.01. The van der Waals surface area contributed by atoms with Gasteiger partial charge in [-0.1, -0.05) is 17.5 Å². The summed E-state index contributed by atoms with van der Waals surface area (Å²) in [6.07, 6.45) is 2.32. The molecule has 6 nitrogen and oxygen atoms in total. The maximum absolute atomic E-state index is 13.2. The van der Waals surface area contributed by atoms with E-state index in [1.54, 1.807) is 11.8 Å². The fourth-order valence-corrected chi connectivity index (χ4v) is 5.72. The molecule has 1 unspecified atom stereocenters. The first-order valence-corrected chi connectivity index (χ1v) is 11.2. The van der Waals surface area contributed by atoms with Crippen molar-refractivity contribution < 1.29 is 18.0 Å². The molecule has 1 aliphatic heterocycles. The van der Waals surface area contributed by atoms with Gasteiger partial charge in [-0.15, -0.1) is 0 Å². The molecule has 8 heteroatoms. The van der Waals surface area contributed by atoms with Crippen molar-refractivity contribution in [3.63, 3.8) is 0 Å². The van der Waals surface area contributed by atoms with E-state index in [0.29, 0.717) is 37.5 Å². The summed E-state index contributed by atoms with van der Waals surface area (Å²) >= 11 is 5.86. The van der Waals surface area contributed by atoms with Crippen LogP contribution in [0.25, 0.3) is 0 Å². The first-order chi connectivity index (χ1) is 13.3. The summed E-state index contributed by atoms with van der Waals surface area (Å²) < 4.78 is 24.9. The normalized spacial score (nSPS) is 20.6. The molecule has 28 heavy (non-hydrogen) atoms. The van der Waals surface area contributed by atoms with Gasteiger partial charge in [-0.2, -0.15) is 0 Å². The highest BCUT2D eigenvalue weighted by atomic mass is 35.5. The van der Waals surface area contributed by atoms with Crippen molar-refractivity contribution >= 4 is 33.3 Å². The minimum Gasteiger partial charge on any atom is -0.345 e. The summed E-state index contributed by atoms with van der Waals surface area (Å²) in [5, 5.41) is 3.20. The van der Waals surface area contributed by atoms with Crippen molar-refractivity contribution in [2.24, 2.45) is 5.92 Å². The zero-order chi connectivity index (χ0) is 20.4. The highest BCUT2D eigenvalue weighted by Crippen LogP contribution is 2.48. The third-order valence-electron chi connectivity index (χ3n) is 5.33. The number of likely N-dealkylation sites (tertiary alicyclic amines) is 1. The number of nitrogens with one attached hydrogen (secondary N) is 1. The van der Waals surface area contributed by atoms with Crippen LogP contribution in [0.2, 0.25) is 5.02 Å². The Bertz CT molecular complexity index is 927. The number of piperidine rings is 1. The summed E-state index contributed by atoms with van der Waals surface area (Å²) in [5.41, 5.74) is 0. The highest BCUT2D eigenvalue weighted by molar-refractivity contribution is 7.94. The molecule has 1 N–H and O–H groups in total. The van der Waals surface area contributed by atoms with Crippen LogP contribution in [0, 0.1) is 17.8 Å². The lowest BCUT2D eigenvalue weighted by molar-refractivity contribution is -0.133. The van der Waals surface area contributed by atoms with Crippen molar-refractivity contribution in [3.05, 3.63) is 29.3 Å². The van der Waals surface area contributed by atoms with E-state index < -0.39 is 14.6 Å². The Morgan fingerprint density at radius 2 is 1.96 bits per heavy atom. The number of hydrogen-bond donors (Lipinski definition) is 1. The lowest BCUT2D eigenvalue weighted by Crippen LogP contribution is -2.50. The third kappa shape index (κ3) is 4.03. The van der Waals surface area contributed by atoms with Crippen LogP contribution in [0.1, 0.15) is 32.6 Å². The monoisotopic (exact) mass is 422 g/mol. The Balaban J connectivity index is 1.71. The standard InChI is InChI=1S/C20H23ClN2O4S/c1-2-4-18(24)22-13-15-5-3-12-23(14-15)19(25)20(10-11-20)28(26,27)17-8-6-16(21)7-9-17/h6-9,15H,3,5,10-14H2,1H3,(H,22,24). The number of carbonyl (C=O) groups is 2. The molecule has 150 valence electrons. The molecule has 0 spiro atoms. The van der Waals surface area contributed by atoms with Crippen LogP contribution in [-0.4, -0.2) is 49.5 Å². The van der Waals surface area contributed by atoms with E-state index in [0.717, 1.165) is 12.8 Å². The number of sulfone groups is 1. The minimum atomic E-state index is -3.78. The van der Waals surface area contributed by atoms with Crippen LogP contribution < -0.4 is 5.32 Å². The average Bonchev–Trinajstić information content (AvgIpc) is 3.49. The second-order valence-corrected chi connectivity index (χ2v) is 9.99. The molecular formula is C20H23ClN2O4S. The average molecular weight is 423 g/mol. The Labute approximate surface area is 170 Å². The molecule has 0 aromatic heterocycles. The Hall–Kier alpha value is -2.04. The highest BCUT2D eigenvalue weighted by Gasteiger charge is 2.62. The molecule has 1 saturated carbocycles. The van der Waals surface area contributed by atoms with E-state index >= 15 is 0 Å². The van der Waals surface area contributed by atoms with Crippen molar-refractivity contribution in [1.29, 1.82) is 0 Å². The molecule has 1 saturated heterocycles. The number of rotatable bonds is 5. The minimum absolute atomic E-state index is 0.0920. The molecule has 1 atom stereocenters. The molecule has 0 radical (unpaired) electrons. The van der Waals surface area contributed by atoms with E-state index in [1.165, 1.54) is 24.3 Å². The second kappa shape index (κ2) is 8.14. The summed E-state index contributed by atoms with van der Waals surface area (Å²) in [5.74, 6) is 4.40. The van der Waals surface area contributed by atoms with Crippen LogP contribution in [0.4, 0.5) is 0 Å². The molecule has 1 aromatic carbocycles. The molecule has 2 aliphatic rings. The van der Waals surface area contributed by atoms with E-state index in [2.05, 4.69) is 17.2 Å². The van der Waals surface area contributed by atoms with Gasteiger partial charge in [-0.05, 0) is 68.7 Å². The summed E-state index contributed by atoms with van der Waals surface area (Å²) in [6, 6.07) is 5.95. The first kappa shape index (κ1) is 20.7. The molecule has 3 rings (SSSR count). The first-order valence-electron chi connectivity index (χ1n) is 9.30. The molecule has 0 bridgehead atoms. The number of carbonyl (C=O) groups excluding carboxylic acids is 2. The van der Waals surface area contributed by atoms with E-state index in [-0.39, 0.29) is 22.6 Å². The predicted octanol–water partition coefficient (Wildman–Crippen LogP) is 2.02. The largest absolute Gasteiger partial charge is 0.345 e. The smallest absolute Gasteiger partial charge is 0.295 e. The van der Waals surface area contributed by atoms with E-state index in [1.807, 2.05) is 0 Å². The fraction of sp³-hybridized carbons (Fsp3) is 0.500. The maximum atomic E-state index is 13.2. The molecule has 2 fully saturated rings. The summed E-state index contributed by atoms with van der Waals surface area (Å²) in [7, 11) is -3.78. The van der Waals surface area contributed by atoms with Crippen LogP contribution in [0.5, 0.6) is 0 Å². The van der Waals surface area contributed by atoms with Gasteiger partial charge in [0.15, 0.2) is 14.6 Å². The lowest BCUT2D eigenvalue weighted by atomic mass is 9.97. The molecule has 1 heterocycles. The number of halogens is 1. The SMILES string of the molecule is CC#CC(=O)NCC1CCCN(C(=O)C2(S(=O)(=O)c3ccc(Cl)cc3)CC2)C1. The van der Waals surface area contributed by atoms with Crippen LogP contribution in [-0.2, 0) is 19.4 Å². The molecule has 1 aromatic rings. The fourth-order valence-electron chi connectivity index (χ4n) is 3.65. The maximum Gasteiger partial charge on any atom is 0.295 e. The molecular weight excluding hydrogens is 400 g/mol. The van der Waals surface area contributed by atoms with E-state index in [9.17, 15) is 18.0 Å². The van der Waals surface area contributed by atoms with Crippen LogP contribution in [0.15, 0.2) is 29.2 Å². The molecule has 1 aliphatic carbocycles. The zero-order valence-electron chi connectivity index (χ0n) is 15.7. The van der Waals surface area contributed by atoms with Gasteiger partial charge in [-0.25, -0.2) is 8.42 Å². The van der Waals surface area contributed by atoms with Gasteiger partial charge in [0.2, 0.25) is 5.91 Å². The van der Waals surface area contributed by atoms with Gasteiger partial charge < -0.3 is 10.2 Å². The van der Waals surface area contributed by atoms with Gasteiger partial charge in [0, 0.05) is 24.7 Å². The topological polar surface area (TPSA) is 83.6 Å². The van der Waals surface area contributed by atoms with Crippen molar-refractivity contribution in [1.82, 2.24) is 10.2 Å². The zero-order valence-corrected chi connectivity index (χ0v) is 17.3. The van der Waals surface area contributed by atoms with Crippen molar-refractivity contribution in [2.75, 3.05) is 19.6 Å². The van der Waals surface area contributed by atoms with Gasteiger partial charge in [-0.3, -0.25) is 9.59 Å². The lowest BCUT2D eigenvalue weighted by Gasteiger charge is -2.35. The summed E-state index contributed by atoms with van der Waals surface area (Å²) in [6.45, 7) is 3.00. The van der Waals surface area contributed by atoms with E-state index in [4.69, 9.17) is 11.6 Å². The predicted molar refractivity (Wildman–Crippen MR) is 106 cm³/mol. The quantitative estimate of drug-likeness (QED) is 0.736. The van der Waals surface area contributed by atoms with Crippen molar-refractivity contribution in [3.8, 4) is 11.8 Å². The number of amides is 2. The summed E-state index contributed by atoms with van der Waals surface area (Å²) in [4.78, 5) is 26.5. The van der Waals surface area contributed by atoms with Crippen LogP contribution in [0.3, 0.4) is 0 Å². The third-order valence-corrected chi connectivity index (χ3v) is 8.08. The number of benzene rings is 1. The Morgan fingerprint density at radius 3 is 2.57 bits per heavy atom. The second-order valence-electron chi connectivity index (χ2n) is 7.30. The Morgan fingerprint density at radius 1 is 1.29 bits per heavy atom. The number of nitrogens with zero attached hydrogens (tertiary/aromatic N) is 1. The molecule has 2 amide bonds.